The number of aromatic amines is 1. The van der Waals surface area contributed by atoms with Gasteiger partial charge in [-0.1, -0.05) is 15.9 Å². The summed E-state index contributed by atoms with van der Waals surface area (Å²) in [6.45, 7) is 0. The molecule has 7 N–H and O–H groups in total. The molecule has 1 aliphatic heterocycles. The van der Waals surface area contributed by atoms with Crippen molar-refractivity contribution in [3.63, 3.8) is 0 Å². The Balaban J connectivity index is 2.48. The zero-order chi connectivity index (χ0) is 26.3. The van der Waals surface area contributed by atoms with Gasteiger partial charge in [-0.25, -0.2) is 4.79 Å². The Bertz CT molecular complexity index is 1050. The molecule has 0 amide bonds. The van der Waals surface area contributed by atoms with Gasteiger partial charge >= 0.3 is 5.69 Å². The van der Waals surface area contributed by atoms with Gasteiger partial charge in [0.2, 0.25) is 0 Å². The van der Waals surface area contributed by atoms with Crippen LogP contribution in [0.1, 0.15) is 31.1 Å². The molecule has 2 rings (SSSR count). The highest BCUT2D eigenvalue weighted by molar-refractivity contribution is 9.11. The Morgan fingerprint density at radius 1 is 1.29 bits per heavy atom. The summed E-state index contributed by atoms with van der Waals surface area (Å²) < 4.78 is 6.76. The van der Waals surface area contributed by atoms with Crippen LogP contribution in [-0.4, -0.2) is 85.2 Å². The molecule has 0 aliphatic carbocycles. The van der Waals surface area contributed by atoms with Crippen LogP contribution < -0.4 is 22.7 Å². The minimum Gasteiger partial charge on any atom is -0.382 e. The number of halogens is 1. The van der Waals surface area contributed by atoms with Crippen LogP contribution >= 0.6 is 39.5 Å². The number of nitrogens with zero attached hydrogens (tertiary/aromatic N) is 1. The van der Waals surface area contributed by atoms with Crippen LogP contribution in [0.4, 0.5) is 0 Å². The predicted molar refractivity (Wildman–Crippen MR) is 141 cm³/mol. The number of carbonyl (C=O) groups excluding carboxylic acids is 2. The van der Waals surface area contributed by atoms with E-state index in [0.717, 1.165) is 4.57 Å². The Hall–Kier alpha value is -1.26. The van der Waals surface area contributed by atoms with E-state index in [-0.39, 0.29) is 18.4 Å². The molecule has 0 aromatic carbocycles. The highest BCUT2D eigenvalue weighted by Crippen LogP contribution is 2.40. The summed E-state index contributed by atoms with van der Waals surface area (Å²) in [6, 6.07) is -2.14. The van der Waals surface area contributed by atoms with Gasteiger partial charge < -0.3 is 26.4 Å². The van der Waals surface area contributed by atoms with Crippen LogP contribution in [0.5, 0.6) is 0 Å². The smallest absolute Gasteiger partial charge is 0.330 e. The minimum absolute atomic E-state index is 0.0933. The Morgan fingerprint density at radius 2 is 1.89 bits per heavy atom. The largest absolute Gasteiger partial charge is 0.382 e. The first-order valence-electron chi connectivity index (χ1n) is 10.8. The van der Waals surface area contributed by atoms with Crippen molar-refractivity contribution in [2.75, 3.05) is 24.0 Å². The maximum Gasteiger partial charge on any atom is 0.330 e. The highest BCUT2D eigenvalue weighted by Gasteiger charge is 2.58. The van der Waals surface area contributed by atoms with E-state index >= 15 is 0 Å². The minimum atomic E-state index is -2.38. The lowest BCUT2D eigenvalue weighted by molar-refractivity contribution is -0.162. The number of aromatic nitrogens is 2. The van der Waals surface area contributed by atoms with E-state index in [2.05, 4.69) is 20.9 Å². The van der Waals surface area contributed by atoms with Crippen molar-refractivity contribution in [1.82, 2.24) is 9.55 Å². The number of rotatable bonds is 13. The molecule has 0 bridgehead atoms. The van der Waals surface area contributed by atoms with Gasteiger partial charge in [-0.3, -0.25) is 23.9 Å². The summed E-state index contributed by atoms with van der Waals surface area (Å²) in [6.07, 6.45) is 1.36. The van der Waals surface area contributed by atoms with Crippen molar-refractivity contribution < 1.29 is 24.5 Å². The molecule has 11 nitrogen and oxygen atoms in total. The lowest BCUT2D eigenvalue weighted by atomic mass is 9.81. The lowest BCUT2D eigenvalue weighted by Crippen LogP contribution is -2.59. The molecule has 0 saturated carbocycles. The maximum absolute atomic E-state index is 13.3. The number of hydrogen-bond acceptors (Lipinski definition) is 11. The maximum atomic E-state index is 13.3. The summed E-state index contributed by atoms with van der Waals surface area (Å²) in [7, 11) is 0. The van der Waals surface area contributed by atoms with Crippen molar-refractivity contribution in [3.05, 3.63) is 37.6 Å². The van der Waals surface area contributed by atoms with Crippen molar-refractivity contribution in [2.45, 2.75) is 55.4 Å². The van der Waals surface area contributed by atoms with E-state index in [1.54, 1.807) is 0 Å². The average Bonchev–Trinajstić information content (AvgIpc) is 3.19. The van der Waals surface area contributed by atoms with Crippen LogP contribution in [0, 0.1) is 0 Å². The number of nitrogens with one attached hydrogen (secondary N) is 1. The number of aliphatic hydroxyl groups is 2. The molecule has 1 aromatic heterocycles. The van der Waals surface area contributed by atoms with E-state index in [1.807, 2.05) is 12.5 Å². The van der Waals surface area contributed by atoms with E-state index in [0.29, 0.717) is 11.5 Å². The number of ketones is 2. The molecule has 1 saturated heterocycles. The second-order valence-electron chi connectivity index (χ2n) is 8.17. The van der Waals surface area contributed by atoms with Crippen molar-refractivity contribution in [2.24, 2.45) is 11.5 Å². The topological polar surface area (TPSA) is 191 Å². The molecule has 1 aromatic rings. The van der Waals surface area contributed by atoms with Crippen LogP contribution in [0.25, 0.3) is 6.08 Å². The van der Waals surface area contributed by atoms with Gasteiger partial charge in [0, 0.05) is 12.6 Å². The zero-order valence-electron chi connectivity index (χ0n) is 19.4. The number of thioether (sulfide) groups is 2. The second kappa shape index (κ2) is 13.3. The second-order valence-corrected chi connectivity index (χ2v) is 10.7. The van der Waals surface area contributed by atoms with Crippen LogP contribution in [0.3, 0.4) is 0 Å². The van der Waals surface area contributed by atoms with E-state index in [9.17, 15) is 29.4 Å². The molecule has 196 valence electrons. The molecule has 0 radical (unpaired) electrons. The Kier molecular flexibility index (Phi) is 11.4. The van der Waals surface area contributed by atoms with E-state index in [4.69, 9.17) is 16.2 Å². The number of Topliss-reactive ketones (excluding diaryl/α,β-unsaturated/α-hetero) is 2. The lowest BCUT2D eigenvalue weighted by Gasteiger charge is -2.32. The first-order chi connectivity index (χ1) is 16.5. The van der Waals surface area contributed by atoms with Gasteiger partial charge in [-0.05, 0) is 47.9 Å². The third-order valence-electron chi connectivity index (χ3n) is 5.78. The number of carbonyl (C=O) groups is 2. The molecule has 0 spiro atoms. The fourth-order valence-corrected chi connectivity index (χ4v) is 5.07. The van der Waals surface area contributed by atoms with Gasteiger partial charge in [0.25, 0.3) is 5.56 Å². The molecule has 1 aliphatic rings. The third kappa shape index (κ3) is 6.95. The monoisotopic (exact) mass is 594 g/mol. The summed E-state index contributed by atoms with van der Waals surface area (Å²) in [5.74, 6) is -0.514. The van der Waals surface area contributed by atoms with Crippen LogP contribution in [0.15, 0.2) is 20.8 Å². The molecule has 1 unspecified atom stereocenters. The number of hydrogen-bond donors (Lipinski definition) is 5. The average molecular weight is 596 g/mol. The summed E-state index contributed by atoms with van der Waals surface area (Å²) in [5.41, 5.74) is 8.15. The molecular weight excluding hydrogens is 564 g/mol. The molecule has 1 fully saturated rings. The van der Waals surface area contributed by atoms with Gasteiger partial charge in [-0.15, -0.1) is 0 Å². The number of nitrogens with two attached hydrogens (primary N) is 2. The van der Waals surface area contributed by atoms with Crippen molar-refractivity contribution >= 4 is 57.1 Å². The third-order valence-corrected chi connectivity index (χ3v) is 7.33. The molecule has 6 atom stereocenters. The molecule has 2 heterocycles. The molecular formula is C21H31BrN4O7S2. The SMILES string of the molecule is CSCC[C@H](N)C(=O)C(O)[C@H]1O[C@@H](n2cc(/C=C/Br)c(=O)[nH]c2=O)C[C@@]1(O)C(=O)[C@@H](N)CCSC. The highest BCUT2D eigenvalue weighted by atomic mass is 79.9. The van der Waals surface area contributed by atoms with Crippen LogP contribution in [0.2, 0.25) is 0 Å². The van der Waals surface area contributed by atoms with Gasteiger partial charge in [0.05, 0.1) is 17.6 Å². The van der Waals surface area contributed by atoms with Gasteiger partial charge in [0.1, 0.15) is 18.4 Å². The van der Waals surface area contributed by atoms with Crippen LogP contribution in [-0.2, 0) is 14.3 Å². The fraction of sp³-hybridized carbons (Fsp3) is 0.619. The standard InChI is InChI=1S/C21H31BrN4O7S2/c1-34-7-4-12(23)15(27)16(28)18-21(32,17(29)13(24)5-8-35-2)9-14(33-18)26-10-11(3-6-22)19(30)25-20(26)31/h3,6,10,12-14,16,18,28,32H,4-5,7-9,23-24H2,1-2H3,(H,25,30,31)/b6-3+/t12-,13-,14+,16?,18+,21+/m0/s1. The summed E-state index contributed by atoms with van der Waals surface area (Å²) in [5, 5.41) is 22.4. The normalized spacial score (nSPS) is 25.0. The zero-order valence-corrected chi connectivity index (χ0v) is 22.6. The first-order valence-corrected chi connectivity index (χ1v) is 14.5. The van der Waals surface area contributed by atoms with Gasteiger partial charge in [0.15, 0.2) is 17.2 Å². The number of ether oxygens (including phenoxy) is 1. The number of H-pyrrole nitrogens is 1. The summed E-state index contributed by atoms with van der Waals surface area (Å²) >= 11 is 5.99. The van der Waals surface area contributed by atoms with Gasteiger partial charge in [-0.2, -0.15) is 23.5 Å². The molecule has 14 heteroatoms. The molecule has 35 heavy (non-hydrogen) atoms. The predicted octanol–water partition coefficient (Wildman–Crippen LogP) is -0.419. The van der Waals surface area contributed by atoms with E-state index < -0.39 is 65.4 Å². The van der Waals surface area contributed by atoms with Crippen molar-refractivity contribution in [3.8, 4) is 0 Å². The number of aliphatic hydroxyl groups excluding tert-OH is 1. The Labute approximate surface area is 219 Å². The van der Waals surface area contributed by atoms with Crippen molar-refractivity contribution in [1.29, 1.82) is 0 Å². The Morgan fingerprint density at radius 3 is 2.46 bits per heavy atom. The van der Waals surface area contributed by atoms with E-state index in [1.165, 1.54) is 40.8 Å². The quantitative estimate of drug-likeness (QED) is 0.199. The fourth-order valence-electron chi connectivity index (χ4n) is 3.81. The first kappa shape index (κ1) is 30.0. The summed E-state index contributed by atoms with van der Waals surface area (Å²) in [4.78, 5) is 54.2.